The van der Waals surface area contributed by atoms with Crippen LogP contribution in [-0.2, 0) is 4.79 Å². The van der Waals surface area contributed by atoms with Crippen LogP contribution in [0.2, 0.25) is 0 Å². The zero-order valence-electron chi connectivity index (χ0n) is 12.0. The van der Waals surface area contributed by atoms with Crippen LogP contribution in [0, 0.1) is 17.3 Å². The van der Waals surface area contributed by atoms with Crippen LogP contribution in [0.1, 0.15) is 38.2 Å². The number of carbonyl (C=O) groups is 1. The summed E-state index contributed by atoms with van der Waals surface area (Å²) < 4.78 is 0. The van der Waals surface area contributed by atoms with Gasteiger partial charge in [0.05, 0.1) is 6.21 Å². The Morgan fingerprint density at radius 3 is 2.90 bits per heavy atom. The van der Waals surface area contributed by atoms with E-state index < -0.39 is 0 Å². The highest BCUT2D eigenvalue weighted by Gasteiger charge is 2.64. The molecule has 0 radical (unpaired) electrons. The van der Waals surface area contributed by atoms with Gasteiger partial charge >= 0.3 is 0 Å². The first-order chi connectivity index (χ1) is 10.0. The number of fused-ring (bicyclic) bond motifs is 1. The Morgan fingerprint density at radius 1 is 1.43 bits per heavy atom. The minimum atomic E-state index is -0.0694. The Bertz CT molecular complexity index is 599. The van der Waals surface area contributed by atoms with Gasteiger partial charge < -0.3 is 10.2 Å². The summed E-state index contributed by atoms with van der Waals surface area (Å²) in [6.07, 6.45) is 6.08. The maximum Gasteiger partial charge on any atom is 0.244 e. The van der Waals surface area contributed by atoms with Crippen molar-refractivity contribution < 1.29 is 15.0 Å². The number of nitrogens with zero attached hydrogens (tertiary/aromatic N) is 1. The molecule has 3 rings (SSSR count). The number of phenols is 2. The van der Waals surface area contributed by atoms with Gasteiger partial charge in [-0.15, -0.1) is 0 Å². The highest BCUT2D eigenvalue weighted by molar-refractivity contribution is 5.87. The van der Waals surface area contributed by atoms with E-state index in [2.05, 4.69) is 17.5 Å². The zero-order valence-corrected chi connectivity index (χ0v) is 12.0. The van der Waals surface area contributed by atoms with Gasteiger partial charge in [0, 0.05) is 17.5 Å². The van der Waals surface area contributed by atoms with Crippen LogP contribution >= 0.6 is 0 Å². The maximum atomic E-state index is 12.2. The van der Waals surface area contributed by atoms with Gasteiger partial charge in [0.2, 0.25) is 5.91 Å². The molecule has 2 saturated carbocycles. The highest BCUT2D eigenvalue weighted by atomic mass is 16.3. The van der Waals surface area contributed by atoms with Crippen LogP contribution in [0.25, 0.3) is 0 Å². The van der Waals surface area contributed by atoms with Crippen molar-refractivity contribution in [3.8, 4) is 11.5 Å². The molecule has 0 aromatic heterocycles. The SMILES string of the molecule is C[C@@]12CCCC[C@@H]1[C@@H]2C(=O)N/N=C\c1ccc(O)cc1O. The van der Waals surface area contributed by atoms with Crippen LogP contribution in [-0.4, -0.2) is 22.3 Å². The first-order valence-electron chi connectivity index (χ1n) is 7.37. The Morgan fingerprint density at radius 2 is 2.24 bits per heavy atom. The lowest BCUT2D eigenvalue weighted by atomic mass is 9.90. The smallest absolute Gasteiger partial charge is 0.244 e. The molecule has 0 spiro atoms. The third kappa shape index (κ3) is 2.48. The van der Waals surface area contributed by atoms with Crippen molar-refractivity contribution >= 4 is 12.1 Å². The molecule has 0 saturated heterocycles. The lowest BCUT2D eigenvalue weighted by Gasteiger charge is -2.15. The molecule has 5 nitrogen and oxygen atoms in total. The summed E-state index contributed by atoms with van der Waals surface area (Å²) in [6.45, 7) is 2.19. The molecule has 5 heteroatoms. The van der Waals surface area contributed by atoms with E-state index in [1.165, 1.54) is 31.2 Å². The average Bonchev–Trinajstić information content (AvgIpc) is 3.07. The summed E-state index contributed by atoms with van der Waals surface area (Å²) in [6, 6.07) is 4.23. The fourth-order valence-corrected chi connectivity index (χ4v) is 3.73. The lowest BCUT2D eigenvalue weighted by molar-refractivity contribution is -0.123. The van der Waals surface area contributed by atoms with Gasteiger partial charge in [-0.2, -0.15) is 5.10 Å². The molecule has 3 N–H and O–H groups in total. The van der Waals surface area contributed by atoms with Gasteiger partial charge in [-0.05, 0) is 36.3 Å². The second kappa shape index (κ2) is 5.06. The summed E-state index contributed by atoms with van der Waals surface area (Å²) >= 11 is 0. The Labute approximate surface area is 123 Å². The standard InChI is InChI=1S/C16H20N2O3/c1-16-7-3-2-4-12(16)14(16)15(21)18-17-9-10-5-6-11(19)8-13(10)20/h5-6,8-9,12,14,19-20H,2-4,7H2,1H3,(H,18,21)/b17-9-/t12-,14-,16-/m1/s1. The predicted molar refractivity (Wildman–Crippen MR) is 79.1 cm³/mol. The second-order valence-corrected chi connectivity index (χ2v) is 6.31. The first-order valence-corrected chi connectivity index (χ1v) is 7.37. The molecule has 112 valence electrons. The van der Waals surface area contributed by atoms with E-state index in [1.54, 1.807) is 6.07 Å². The molecule has 3 atom stereocenters. The van der Waals surface area contributed by atoms with Crippen molar-refractivity contribution in [2.45, 2.75) is 32.6 Å². The van der Waals surface area contributed by atoms with Gasteiger partial charge in [0.15, 0.2) is 0 Å². The molecule has 0 bridgehead atoms. The number of aromatic hydroxyl groups is 2. The van der Waals surface area contributed by atoms with Crippen molar-refractivity contribution in [1.82, 2.24) is 5.43 Å². The fourth-order valence-electron chi connectivity index (χ4n) is 3.73. The topological polar surface area (TPSA) is 81.9 Å². The zero-order chi connectivity index (χ0) is 15.0. The van der Waals surface area contributed by atoms with Crippen LogP contribution < -0.4 is 5.43 Å². The molecule has 0 heterocycles. The molecule has 2 fully saturated rings. The highest BCUT2D eigenvalue weighted by Crippen LogP contribution is 2.66. The molecule has 1 aromatic rings. The van der Waals surface area contributed by atoms with Crippen LogP contribution in [0.4, 0.5) is 0 Å². The number of amides is 1. The monoisotopic (exact) mass is 288 g/mol. The van der Waals surface area contributed by atoms with E-state index in [4.69, 9.17) is 0 Å². The first kappa shape index (κ1) is 13.9. The molecule has 2 aliphatic rings. The summed E-state index contributed by atoms with van der Waals surface area (Å²) in [5.41, 5.74) is 3.19. The third-order valence-corrected chi connectivity index (χ3v) is 5.01. The maximum absolute atomic E-state index is 12.2. The summed E-state index contributed by atoms with van der Waals surface area (Å²) in [7, 11) is 0. The van der Waals surface area contributed by atoms with Gasteiger partial charge in [-0.3, -0.25) is 4.79 Å². The third-order valence-electron chi connectivity index (χ3n) is 5.01. The van der Waals surface area contributed by atoms with E-state index >= 15 is 0 Å². The number of hydrogen-bond donors (Lipinski definition) is 3. The lowest BCUT2D eigenvalue weighted by Crippen LogP contribution is -2.22. The number of phenolic OH excluding ortho intramolecular Hbond substituents is 2. The van der Waals surface area contributed by atoms with Crippen LogP contribution in [0.15, 0.2) is 23.3 Å². The van der Waals surface area contributed by atoms with Crippen molar-refractivity contribution in [3.05, 3.63) is 23.8 Å². The molecular formula is C16H20N2O3. The van der Waals surface area contributed by atoms with Crippen molar-refractivity contribution in [1.29, 1.82) is 0 Å². The van der Waals surface area contributed by atoms with Crippen molar-refractivity contribution in [2.75, 3.05) is 0 Å². The van der Waals surface area contributed by atoms with E-state index in [0.29, 0.717) is 11.5 Å². The number of hydrazone groups is 1. The van der Waals surface area contributed by atoms with Gasteiger partial charge in [0.25, 0.3) is 0 Å². The number of hydrogen-bond acceptors (Lipinski definition) is 4. The summed E-state index contributed by atoms with van der Waals surface area (Å²) in [5.74, 6) is 0.469. The number of rotatable bonds is 3. The minimum absolute atomic E-state index is 0.0105. The summed E-state index contributed by atoms with van der Waals surface area (Å²) in [5, 5.41) is 22.7. The second-order valence-electron chi connectivity index (χ2n) is 6.31. The van der Waals surface area contributed by atoms with Gasteiger partial charge in [0.1, 0.15) is 11.5 Å². The van der Waals surface area contributed by atoms with E-state index in [-0.39, 0.29) is 28.7 Å². The molecular weight excluding hydrogens is 268 g/mol. The molecule has 0 aliphatic heterocycles. The Balaban J connectivity index is 1.60. The summed E-state index contributed by atoms with van der Waals surface area (Å²) in [4.78, 5) is 12.2. The molecule has 2 aliphatic carbocycles. The normalized spacial score (nSPS) is 30.9. The van der Waals surface area contributed by atoms with Crippen molar-refractivity contribution in [3.63, 3.8) is 0 Å². The predicted octanol–water partition coefficient (Wildman–Crippen LogP) is 2.37. The van der Waals surface area contributed by atoms with Crippen molar-refractivity contribution in [2.24, 2.45) is 22.4 Å². The quantitative estimate of drug-likeness (QED) is 0.590. The van der Waals surface area contributed by atoms with E-state index in [1.807, 2.05) is 0 Å². The molecule has 1 amide bonds. The molecule has 0 unspecified atom stereocenters. The number of nitrogens with one attached hydrogen (secondary N) is 1. The minimum Gasteiger partial charge on any atom is -0.508 e. The van der Waals surface area contributed by atoms with Gasteiger partial charge in [-0.25, -0.2) is 5.43 Å². The largest absolute Gasteiger partial charge is 0.508 e. The fraction of sp³-hybridized carbons (Fsp3) is 0.500. The average molecular weight is 288 g/mol. The Hall–Kier alpha value is -2.04. The van der Waals surface area contributed by atoms with Gasteiger partial charge in [-0.1, -0.05) is 19.8 Å². The molecule has 1 aromatic carbocycles. The Kier molecular flexibility index (Phi) is 3.35. The number of carbonyl (C=O) groups excluding carboxylic acids is 1. The van der Waals surface area contributed by atoms with Crippen LogP contribution in [0.3, 0.4) is 0 Å². The van der Waals surface area contributed by atoms with Crippen LogP contribution in [0.5, 0.6) is 11.5 Å². The molecule has 21 heavy (non-hydrogen) atoms. The van der Waals surface area contributed by atoms with E-state index in [9.17, 15) is 15.0 Å². The van der Waals surface area contributed by atoms with E-state index in [0.717, 1.165) is 12.8 Å². The number of benzene rings is 1.